The maximum Gasteiger partial charge on any atom is 0.217 e. The Morgan fingerprint density at radius 3 is 2.80 bits per heavy atom. The van der Waals surface area contributed by atoms with Gasteiger partial charge in [0.05, 0.1) is 31.1 Å². The summed E-state index contributed by atoms with van der Waals surface area (Å²) in [6.45, 7) is 3.99. The first-order chi connectivity index (χ1) is 12.2. The van der Waals surface area contributed by atoms with E-state index in [0.717, 1.165) is 36.6 Å². The van der Waals surface area contributed by atoms with Crippen LogP contribution in [-0.4, -0.2) is 29.4 Å². The van der Waals surface area contributed by atoms with E-state index in [-0.39, 0.29) is 5.91 Å². The first-order valence-electron chi connectivity index (χ1n) is 8.73. The maximum absolute atomic E-state index is 11.1. The SMILES string of the molecule is COc1ccc(CN2CCCC2c2cccc(CNC(C)=O)n2)cc1. The molecule has 0 bridgehead atoms. The Morgan fingerprint density at radius 1 is 1.28 bits per heavy atom. The number of methoxy groups -OCH3 is 1. The predicted molar refractivity (Wildman–Crippen MR) is 97.1 cm³/mol. The Kier molecular flexibility index (Phi) is 5.66. The largest absolute Gasteiger partial charge is 0.497 e. The number of benzene rings is 1. The summed E-state index contributed by atoms with van der Waals surface area (Å²) in [6.07, 6.45) is 2.30. The Morgan fingerprint density at radius 2 is 2.08 bits per heavy atom. The monoisotopic (exact) mass is 339 g/mol. The number of likely N-dealkylation sites (tertiary alicyclic amines) is 1. The molecule has 0 spiro atoms. The van der Waals surface area contributed by atoms with E-state index in [1.165, 1.54) is 18.9 Å². The van der Waals surface area contributed by atoms with Gasteiger partial charge in [-0.25, -0.2) is 0 Å². The molecule has 0 aliphatic carbocycles. The fourth-order valence-corrected chi connectivity index (χ4v) is 3.31. The van der Waals surface area contributed by atoms with Crippen LogP contribution in [0.5, 0.6) is 5.75 Å². The molecular formula is C20H25N3O2. The van der Waals surface area contributed by atoms with E-state index in [0.29, 0.717) is 12.6 Å². The molecule has 1 saturated heterocycles. The number of rotatable bonds is 6. The van der Waals surface area contributed by atoms with Gasteiger partial charge in [0.15, 0.2) is 0 Å². The van der Waals surface area contributed by atoms with Crippen molar-refractivity contribution in [3.8, 4) is 5.75 Å². The Bertz CT molecular complexity index is 715. The van der Waals surface area contributed by atoms with Crippen LogP contribution in [0.1, 0.15) is 42.8 Å². The minimum Gasteiger partial charge on any atom is -0.497 e. The minimum atomic E-state index is -0.0331. The van der Waals surface area contributed by atoms with Crippen LogP contribution in [0.15, 0.2) is 42.5 Å². The average Bonchev–Trinajstić information content (AvgIpc) is 3.09. The lowest BCUT2D eigenvalue weighted by atomic mass is 10.1. The molecule has 1 aliphatic rings. The van der Waals surface area contributed by atoms with Gasteiger partial charge < -0.3 is 10.1 Å². The summed E-state index contributed by atoms with van der Waals surface area (Å²) in [6, 6.07) is 14.7. The third kappa shape index (κ3) is 4.57. The van der Waals surface area contributed by atoms with Gasteiger partial charge in [-0.15, -0.1) is 0 Å². The molecule has 3 rings (SSSR count). The molecule has 2 aromatic rings. The Balaban J connectivity index is 1.70. The van der Waals surface area contributed by atoms with Crippen LogP contribution in [0.25, 0.3) is 0 Å². The van der Waals surface area contributed by atoms with E-state index in [1.807, 2.05) is 24.3 Å². The smallest absolute Gasteiger partial charge is 0.217 e. The number of ether oxygens (including phenoxy) is 1. The summed E-state index contributed by atoms with van der Waals surface area (Å²) in [7, 11) is 1.69. The van der Waals surface area contributed by atoms with Crippen molar-refractivity contribution in [1.29, 1.82) is 0 Å². The van der Waals surface area contributed by atoms with E-state index in [4.69, 9.17) is 9.72 Å². The lowest BCUT2D eigenvalue weighted by Crippen LogP contribution is -2.24. The normalized spacial score (nSPS) is 17.4. The first kappa shape index (κ1) is 17.4. The lowest BCUT2D eigenvalue weighted by molar-refractivity contribution is -0.119. The second kappa shape index (κ2) is 8.12. The predicted octanol–water partition coefficient (Wildman–Crippen LogP) is 3.06. The number of amides is 1. The molecule has 5 heteroatoms. The third-order valence-electron chi connectivity index (χ3n) is 4.60. The molecule has 1 unspecified atom stereocenters. The van der Waals surface area contributed by atoms with Crippen molar-refractivity contribution in [3.05, 3.63) is 59.4 Å². The van der Waals surface area contributed by atoms with Gasteiger partial charge in [0.2, 0.25) is 5.91 Å². The van der Waals surface area contributed by atoms with E-state index in [1.54, 1.807) is 7.11 Å². The van der Waals surface area contributed by atoms with Gasteiger partial charge in [-0.3, -0.25) is 14.7 Å². The van der Waals surface area contributed by atoms with Crippen LogP contribution in [0, 0.1) is 0 Å². The molecule has 1 atom stereocenters. The Hall–Kier alpha value is -2.40. The molecule has 1 aromatic heterocycles. The van der Waals surface area contributed by atoms with E-state index >= 15 is 0 Å². The second-order valence-electron chi connectivity index (χ2n) is 6.44. The molecule has 0 saturated carbocycles. The standard InChI is InChI=1S/C20H25N3O2/c1-15(24)21-13-17-5-3-6-19(22-17)20-7-4-12-23(20)14-16-8-10-18(25-2)11-9-16/h3,5-6,8-11,20H,4,7,12-14H2,1-2H3,(H,21,24). The van der Waals surface area contributed by atoms with Crippen LogP contribution < -0.4 is 10.1 Å². The zero-order chi connectivity index (χ0) is 17.6. The minimum absolute atomic E-state index is 0.0331. The van der Waals surface area contributed by atoms with Crippen molar-refractivity contribution in [2.24, 2.45) is 0 Å². The molecule has 5 nitrogen and oxygen atoms in total. The van der Waals surface area contributed by atoms with Crippen molar-refractivity contribution >= 4 is 5.91 Å². The highest BCUT2D eigenvalue weighted by molar-refractivity contribution is 5.72. The molecule has 1 amide bonds. The molecule has 1 fully saturated rings. The van der Waals surface area contributed by atoms with Gasteiger partial charge in [-0.1, -0.05) is 18.2 Å². The number of hydrogen-bond donors (Lipinski definition) is 1. The van der Waals surface area contributed by atoms with Gasteiger partial charge >= 0.3 is 0 Å². The summed E-state index contributed by atoms with van der Waals surface area (Å²) < 4.78 is 5.23. The number of carbonyl (C=O) groups excluding carboxylic acids is 1. The molecule has 1 N–H and O–H groups in total. The van der Waals surface area contributed by atoms with E-state index in [2.05, 4.69) is 28.4 Å². The number of nitrogens with one attached hydrogen (secondary N) is 1. The highest BCUT2D eigenvalue weighted by Gasteiger charge is 2.27. The van der Waals surface area contributed by atoms with Gasteiger partial charge in [0.25, 0.3) is 0 Å². The first-order valence-corrected chi connectivity index (χ1v) is 8.73. The number of aromatic nitrogens is 1. The average molecular weight is 339 g/mol. The van der Waals surface area contributed by atoms with Crippen LogP contribution in [-0.2, 0) is 17.9 Å². The van der Waals surface area contributed by atoms with Gasteiger partial charge in [0.1, 0.15) is 5.75 Å². The number of carbonyl (C=O) groups is 1. The highest BCUT2D eigenvalue weighted by atomic mass is 16.5. The summed E-state index contributed by atoms with van der Waals surface area (Å²) >= 11 is 0. The fraction of sp³-hybridized carbons (Fsp3) is 0.400. The van der Waals surface area contributed by atoms with Gasteiger partial charge in [0, 0.05) is 13.5 Å². The quantitative estimate of drug-likeness (QED) is 0.879. The zero-order valence-corrected chi connectivity index (χ0v) is 14.9. The van der Waals surface area contributed by atoms with Crippen LogP contribution in [0.3, 0.4) is 0 Å². The third-order valence-corrected chi connectivity index (χ3v) is 4.60. The highest BCUT2D eigenvalue weighted by Crippen LogP contribution is 2.32. The summed E-state index contributed by atoms with van der Waals surface area (Å²) in [4.78, 5) is 18.4. The molecule has 2 heterocycles. The fourth-order valence-electron chi connectivity index (χ4n) is 3.31. The van der Waals surface area contributed by atoms with Gasteiger partial charge in [-0.2, -0.15) is 0 Å². The lowest BCUT2D eigenvalue weighted by Gasteiger charge is -2.24. The number of nitrogens with zero attached hydrogens (tertiary/aromatic N) is 2. The van der Waals surface area contributed by atoms with Crippen LogP contribution in [0.2, 0.25) is 0 Å². The van der Waals surface area contributed by atoms with Crippen LogP contribution >= 0.6 is 0 Å². The molecule has 0 radical (unpaired) electrons. The van der Waals surface area contributed by atoms with Crippen LogP contribution in [0.4, 0.5) is 0 Å². The summed E-state index contributed by atoms with van der Waals surface area (Å²) in [5, 5.41) is 2.81. The van der Waals surface area contributed by atoms with E-state index in [9.17, 15) is 4.79 Å². The molecular weight excluding hydrogens is 314 g/mol. The maximum atomic E-state index is 11.1. The summed E-state index contributed by atoms with van der Waals surface area (Å²) in [5.74, 6) is 0.850. The Labute approximate surface area is 149 Å². The number of hydrogen-bond acceptors (Lipinski definition) is 4. The topological polar surface area (TPSA) is 54.5 Å². The molecule has 132 valence electrons. The zero-order valence-electron chi connectivity index (χ0n) is 14.9. The molecule has 1 aromatic carbocycles. The summed E-state index contributed by atoms with van der Waals surface area (Å²) in [5.41, 5.74) is 3.28. The van der Waals surface area contributed by atoms with Crippen molar-refractivity contribution < 1.29 is 9.53 Å². The van der Waals surface area contributed by atoms with Gasteiger partial charge in [-0.05, 0) is 49.2 Å². The second-order valence-corrected chi connectivity index (χ2v) is 6.44. The van der Waals surface area contributed by atoms with Crippen molar-refractivity contribution in [2.75, 3.05) is 13.7 Å². The van der Waals surface area contributed by atoms with Crippen molar-refractivity contribution in [2.45, 2.75) is 38.9 Å². The molecule has 25 heavy (non-hydrogen) atoms. The van der Waals surface area contributed by atoms with Crippen molar-refractivity contribution in [3.63, 3.8) is 0 Å². The number of pyridine rings is 1. The van der Waals surface area contributed by atoms with E-state index < -0.39 is 0 Å². The van der Waals surface area contributed by atoms with Crippen molar-refractivity contribution in [1.82, 2.24) is 15.2 Å². The molecule has 1 aliphatic heterocycles.